The van der Waals surface area contributed by atoms with E-state index >= 15 is 0 Å². The van der Waals surface area contributed by atoms with E-state index in [0.29, 0.717) is 37.4 Å². The van der Waals surface area contributed by atoms with Crippen LogP contribution in [0.1, 0.15) is 52.5 Å². The molecule has 0 unspecified atom stereocenters. The summed E-state index contributed by atoms with van der Waals surface area (Å²) in [5.41, 5.74) is -0.0965. The van der Waals surface area contributed by atoms with Gasteiger partial charge in [0.15, 0.2) is 0 Å². The van der Waals surface area contributed by atoms with Crippen LogP contribution >= 0.6 is 0 Å². The molecule has 0 spiro atoms. The number of hydrogen-bond acceptors (Lipinski definition) is 3. The van der Waals surface area contributed by atoms with Crippen molar-refractivity contribution in [3.8, 4) is 0 Å². The molecule has 0 heterocycles. The van der Waals surface area contributed by atoms with Gasteiger partial charge in [0.05, 0.1) is 0 Å². The third-order valence-electron chi connectivity index (χ3n) is 3.36. The van der Waals surface area contributed by atoms with Gasteiger partial charge in [-0.2, -0.15) is 0 Å². The van der Waals surface area contributed by atoms with Crippen LogP contribution in [0.4, 0.5) is 13.2 Å². The highest BCUT2D eigenvalue weighted by molar-refractivity contribution is 6.59. The van der Waals surface area contributed by atoms with Crippen LogP contribution in [0.15, 0.2) is 12.1 Å². The summed E-state index contributed by atoms with van der Waals surface area (Å²) in [6, 6.07) is 1.78. The van der Waals surface area contributed by atoms with Crippen molar-refractivity contribution in [2.45, 2.75) is 71.6 Å². The maximum Gasteiger partial charge on any atom is 0.498 e. The molecule has 0 aliphatic heterocycles. The summed E-state index contributed by atoms with van der Waals surface area (Å²) in [6.07, 6.45) is 1.74. The number of unbranched alkanes of at least 4 members (excludes halogenated alkanes) is 2. The molecule has 1 aromatic carbocycles. The molecule has 1 N–H and O–H groups in total. The predicted octanol–water partition coefficient (Wildman–Crippen LogP) is 4.60. The Balaban J connectivity index is 2.46. The van der Waals surface area contributed by atoms with Gasteiger partial charge in [0.1, 0.15) is 17.5 Å². The third kappa shape index (κ3) is 7.34. The van der Waals surface area contributed by atoms with E-state index in [1.165, 1.54) is 0 Å². The summed E-state index contributed by atoms with van der Waals surface area (Å²) in [4.78, 5) is 10.5. The largest absolute Gasteiger partial charge is 0.498 e. The molecule has 24 heavy (non-hydrogen) atoms. The molecule has 0 bridgehead atoms. The van der Waals surface area contributed by atoms with Crippen LogP contribution < -0.4 is 0 Å². The highest BCUT2D eigenvalue weighted by Gasteiger charge is 2.38. The van der Waals surface area contributed by atoms with Crippen molar-refractivity contribution in [1.29, 1.82) is 0 Å². The Labute approximate surface area is 143 Å². The van der Waals surface area contributed by atoms with Crippen molar-refractivity contribution in [3.05, 3.63) is 35.1 Å². The molecule has 0 fully saturated rings. The molecule has 0 aromatic heterocycles. The second-order valence-corrected chi connectivity index (χ2v) is 8.85. The van der Waals surface area contributed by atoms with Gasteiger partial charge in [-0.3, -0.25) is 0 Å². The van der Waals surface area contributed by atoms with Gasteiger partial charge in [0.2, 0.25) is 0 Å². The first-order chi connectivity index (χ1) is 11.1. The van der Waals surface area contributed by atoms with Gasteiger partial charge in [0.25, 0.3) is 0 Å². The predicted molar refractivity (Wildman–Crippen MR) is 89.1 cm³/mol. The monoisotopic (exact) mass is 364 g/mol. The van der Waals surface area contributed by atoms with E-state index in [4.69, 9.17) is 8.85 Å². The van der Waals surface area contributed by atoms with Crippen molar-refractivity contribution in [3.63, 3.8) is 0 Å². The summed E-state index contributed by atoms with van der Waals surface area (Å²) in [7, 11) is -3.23. The summed E-state index contributed by atoms with van der Waals surface area (Å²) < 4.78 is 51.1. The highest BCUT2D eigenvalue weighted by atomic mass is 28.4. The maximum atomic E-state index is 13.5. The zero-order valence-corrected chi connectivity index (χ0v) is 15.7. The van der Waals surface area contributed by atoms with Gasteiger partial charge in [-0.15, -0.1) is 0 Å². The summed E-state index contributed by atoms with van der Waals surface area (Å²) in [6.45, 7) is 7.34. The molecule has 0 atom stereocenters. The fourth-order valence-corrected chi connectivity index (χ4v) is 4.98. The molecule has 3 nitrogen and oxygen atoms in total. The Morgan fingerprint density at radius 2 is 1.42 bits per heavy atom. The van der Waals surface area contributed by atoms with Crippen molar-refractivity contribution in [2.24, 2.45) is 0 Å². The SMILES string of the molecule is CC(C)O[Si](O)(CCCCCc1c(F)cc(F)cc1F)OC(C)C. The van der Waals surface area contributed by atoms with Gasteiger partial charge in [0, 0.05) is 35.9 Å². The first kappa shape index (κ1) is 21.2. The number of rotatable bonds is 10. The Morgan fingerprint density at radius 1 is 0.917 bits per heavy atom. The minimum Gasteiger partial charge on any atom is -0.390 e. The topological polar surface area (TPSA) is 38.7 Å². The Morgan fingerprint density at radius 3 is 1.88 bits per heavy atom. The second-order valence-electron chi connectivity index (χ2n) is 6.45. The third-order valence-corrected chi connectivity index (χ3v) is 6.03. The fourth-order valence-electron chi connectivity index (χ4n) is 2.52. The Kier molecular flexibility index (Phi) is 8.42. The molecule has 0 amide bonds. The van der Waals surface area contributed by atoms with Crippen molar-refractivity contribution >= 4 is 8.80 Å². The maximum absolute atomic E-state index is 13.5. The van der Waals surface area contributed by atoms with E-state index in [1.807, 2.05) is 27.7 Å². The minimum absolute atomic E-state index is 0.0965. The molecule has 0 radical (unpaired) electrons. The lowest BCUT2D eigenvalue weighted by atomic mass is 10.1. The smallest absolute Gasteiger partial charge is 0.390 e. The summed E-state index contributed by atoms with van der Waals surface area (Å²) in [5.74, 6) is -2.63. The van der Waals surface area contributed by atoms with Crippen molar-refractivity contribution < 1.29 is 26.8 Å². The standard InChI is InChI=1S/C17H27F3O3Si/c1-12(2)22-24(21,23-13(3)4)9-7-5-6-8-15-16(19)10-14(18)11-17(15)20/h10-13,21H,5-9H2,1-4H3. The first-order valence-electron chi connectivity index (χ1n) is 8.34. The van der Waals surface area contributed by atoms with E-state index in [9.17, 15) is 18.0 Å². The quantitative estimate of drug-likeness (QED) is 0.487. The van der Waals surface area contributed by atoms with E-state index in [0.717, 1.165) is 0 Å². The normalized spacial score (nSPS) is 12.4. The second kappa shape index (κ2) is 9.55. The molecule has 138 valence electrons. The van der Waals surface area contributed by atoms with E-state index in [1.54, 1.807) is 0 Å². The van der Waals surface area contributed by atoms with E-state index < -0.39 is 26.3 Å². The van der Waals surface area contributed by atoms with E-state index in [2.05, 4.69) is 0 Å². The number of hydrogen-bond donors (Lipinski definition) is 1. The van der Waals surface area contributed by atoms with Crippen LogP contribution in [0.5, 0.6) is 0 Å². The van der Waals surface area contributed by atoms with Gasteiger partial charge < -0.3 is 13.6 Å². The minimum atomic E-state index is -3.23. The molecule has 0 aliphatic rings. The van der Waals surface area contributed by atoms with Crippen LogP contribution in [0, 0.1) is 17.5 Å². The summed E-state index contributed by atoms with van der Waals surface area (Å²) in [5, 5.41) is 0. The Hall–Kier alpha value is -0.893. The number of halogens is 3. The lowest BCUT2D eigenvalue weighted by Crippen LogP contribution is -2.46. The van der Waals surface area contributed by atoms with Gasteiger partial charge in [-0.1, -0.05) is 6.42 Å². The van der Waals surface area contributed by atoms with Crippen LogP contribution in [0.2, 0.25) is 6.04 Å². The molecule has 7 heteroatoms. The van der Waals surface area contributed by atoms with E-state index in [-0.39, 0.29) is 24.2 Å². The van der Waals surface area contributed by atoms with Crippen LogP contribution in [0.25, 0.3) is 0 Å². The molecule has 1 aromatic rings. The van der Waals surface area contributed by atoms with Crippen LogP contribution in [-0.4, -0.2) is 25.8 Å². The summed E-state index contributed by atoms with van der Waals surface area (Å²) >= 11 is 0. The van der Waals surface area contributed by atoms with Crippen LogP contribution in [0.3, 0.4) is 0 Å². The Bertz CT molecular complexity index is 491. The lowest BCUT2D eigenvalue weighted by Gasteiger charge is -2.28. The molecule has 0 saturated carbocycles. The van der Waals surface area contributed by atoms with Crippen LogP contribution in [-0.2, 0) is 15.3 Å². The van der Waals surface area contributed by atoms with Gasteiger partial charge in [-0.05, 0) is 47.0 Å². The van der Waals surface area contributed by atoms with Gasteiger partial charge >= 0.3 is 8.80 Å². The average molecular weight is 364 g/mol. The van der Waals surface area contributed by atoms with Crippen molar-refractivity contribution in [2.75, 3.05) is 0 Å². The molecule has 0 aliphatic carbocycles. The van der Waals surface area contributed by atoms with Crippen molar-refractivity contribution in [1.82, 2.24) is 0 Å². The molecule has 0 saturated heterocycles. The fraction of sp³-hybridized carbons (Fsp3) is 0.647. The number of benzene rings is 1. The van der Waals surface area contributed by atoms with Gasteiger partial charge in [-0.25, -0.2) is 13.2 Å². The average Bonchev–Trinajstić information content (AvgIpc) is 2.38. The molecular weight excluding hydrogens is 337 g/mol. The highest BCUT2D eigenvalue weighted by Crippen LogP contribution is 2.21. The molecule has 1 rings (SSSR count). The first-order valence-corrected chi connectivity index (χ1v) is 10.3. The zero-order chi connectivity index (χ0) is 18.3. The molecular formula is C17H27F3O3Si. The lowest BCUT2D eigenvalue weighted by molar-refractivity contribution is 0.0472. The zero-order valence-electron chi connectivity index (χ0n) is 14.7.